The average molecular weight is 395 g/mol. The van der Waals surface area contributed by atoms with Crippen LogP contribution in [0.1, 0.15) is 19.8 Å². The van der Waals surface area contributed by atoms with Crippen LogP contribution in [-0.4, -0.2) is 51.1 Å². The number of aromatic nitrogens is 3. The van der Waals surface area contributed by atoms with E-state index in [0.717, 1.165) is 48.0 Å². The van der Waals surface area contributed by atoms with Gasteiger partial charge in [0.2, 0.25) is 5.91 Å². The summed E-state index contributed by atoms with van der Waals surface area (Å²) in [6.45, 7) is 3.53. The van der Waals surface area contributed by atoms with Crippen molar-refractivity contribution in [3.8, 4) is 11.3 Å². The smallest absolute Gasteiger partial charge is 0.228 e. The Morgan fingerprint density at radius 3 is 2.72 bits per heavy atom. The Labute approximate surface area is 169 Å². The number of fused-ring (bicyclic) bond motifs is 1. The minimum atomic E-state index is -0.835. The third-order valence-corrected chi connectivity index (χ3v) is 5.55. The minimum absolute atomic E-state index is 0.00686. The molecule has 152 valence electrons. The van der Waals surface area contributed by atoms with E-state index in [9.17, 15) is 9.18 Å². The van der Waals surface area contributed by atoms with E-state index < -0.39 is 6.17 Å². The van der Waals surface area contributed by atoms with Gasteiger partial charge in [0.25, 0.3) is 0 Å². The zero-order valence-electron chi connectivity index (χ0n) is 16.8. The highest BCUT2D eigenvalue weighted by molar-refractivity contribution is 5.95. The molecule has 3 heterocycles. The fraction of sp³-hybridized carbons (Fsp3) is 0.409. The minimum Gasteiger partial charge on any atom is -0.334 e. The lowest BCUT2D eigenvalue weighted by molar-refractivity contribution is -0.121. The third-order valence-electron chi connectivity index (χ3n) is 5.55. The number of hydrogen-bond acceptors (Lipinski definition) is 4. The molecule has 0 bridgehead atoms. The number of nitrogens with zero attached hydrogens (tertiary/aromatic N) is 4. The third kappa shape index (κ3) is 4.45. The van der Waals surface area contributed by atoms with Crippen LogP contribution in [-0.2, 0) is 11.8 Å². The molecule has 1 N–H and O–H groups in total. The second-order valence-electron chi connectivity index (χ2n) is 7.87. The molecule has 3 aromatic rings. The number of rotatable bonds is 5. The van der Waals surface area contributed by atoms with Gasteiger partial charge >= 0.3 is 0 Å². The van der Waals surface area contributed by atoms with E-state index in [1.165, 1.54) is 0 Å². The molecule has 0 spiro atoms. The van der Waals surface area contributed by atoms with E-state index in [1.807, 2.05) is 36.0 Å². The van der Waals surface area contributed by atoms with E-state index in [-0.39, 0.29) is 11.8 Å². The van der Waals surface area contributed by atoms with E-state index in [4.69, 9.17) is 0 Å². The van der Waals surface area contributed by atoms with Crippen molar-refractivity contribution >= 4 is 22.5 Å². The van der Waals surface area contributed by atoms with Crippen molar-refractivity contribution in [1.82, 2.24) is 19.4 Å². The van der Waals surface area contributed by atoms with Gasteiger partial charge < -0.3 is 14.8 Å². The van der Waals surface area contributed by atoms with Crippen LogP contribution in [0.4, 0.5) is 10.2 Å². The van der Waals surface area contributed by atoms with Gasteiger partial charge in [-0.25, -0.2) is 14.4 Å². The normalized spacial score (nSPS) is 16.8. The van der Waals surface area contributed by atoms with Crippen molar-refractivity contribution in [2.45, 2.75) is 25.9 Å². The van der Waals surface area contributed by atoms with E-state index in [0.29, 0.717) is 12.4 Å². The van der Waals surface area contributed by atoms with Crippen molar-refractivity contribution in [3.63, 3.8) is 0 Å². The van der Waals surface area contributed by atoms with Gasteiger partial charge in [-0.15, -0.1) is 0 Å². The first kappa shape index (κ1) is 19.5. The van der Waals surface area contributed by atoms with Crippen LogP contribution in [0.3, 0.4) is 0 Å². The summed E-state index contributed by atoms with van der Waals surface area (Å²) in [6.07, 6.45) is 6.05. The molecule has 29 heavy (non-hydrogen) atoms. The number of piperidine rings is 1. The number of carbonyl (C=O) groups excluding carboxylic acids is 1. The van der Waals surface area contributed by atoms with Crippen molar-refractivity contribution in [2.75, 3.05) is 25.0 Å². The molecule has 4 rings (SSSR count). The number of benzene rings is 1. The number of alkyl halides is 1. The number of aryl methyl sites for hydroxylation is 1. The van der Waals surface area contributed by atoms with Crippen LogP contribution in [0.15, 0.2) is 43.0 Å². The van der Waals surface area contributed by atoms with Crippen molar-refractivity contribution in [1.29, 1.82) is 0 Å². The van der Waals surface area contributed by atoms with Gasteiger partial charge in [0.05, 0.1) is 18.2 Å². The lowest BCUT2D eigenvalue weighted by atomic mass is 9.95. The Bertz CT molecular complexity index is 1010. The number of likely N-dealkylation sites (tertiary alicyclic amines) is 1. The Kier molecular flexibility index (Phi) is 5.58. The predicted molar refractivity (Wildman–Crippen MR) is 112 cm³/mol. The van der Waals surface area contributed by atoms with E-state index >= 15 is 0 Å². The molecule has 0 aliphatic carbocycles. The monoisotopic (exact) mass is 395 g/mol. The van der Waals surface area contributed by atoms with Crippen molar-refractivity contribution in [3.05, 3.63) is 43.0 Å². The number of carbonyl (C=O) groups is 1. The van der Waals surface area contributed by atoms with Gasteiger partial charge in [0.15, 0.2) is 0 Å². The van der Waals surface area contributed by atoms with Crippen LogP contribution in [0, 0.1) is 5.92 Å². The summed E-state index contributed by atoms with van der Waals surface area (Å²) in [7, 11) is 1.96. The molecule has 1 aliphatic heterocycles. The highest BCUT2D eigenvalue weighted by atomic mass is 19.1. The molecule has 1 amide bonds. The lowest BCUT2D eigenvalue weighted by Gasteiger charge is -2.31. The maximum Gasteiger partial charge on any atom is 0.228 e. The molecule has 1 atom stereocenters. The molecule has 0 radical (unpaired) electrons. The molecule has 6 nitrogen and oxygen atoms in total. The second-order valence-corrected chi connectivity index (χ2v) is 7.87. The predicted octanol–water partition coefficient (Wildman–Crippen LogP) is 3.64. The van der Waals surface area contributed by atoms with Crippen molar-refractivity contribution < 1.29 is 9.18 Å². The molecule has 2 aromatic heterocycles. The molecule has 7 heteroatoms. The lowest BCUT2D eigenvalue weighted by Crippen LogP contribution is -2.40. The van der Waals surface area contributed by atoms with Gasteiger partial charge in [-0.1, -0.05) is 12.1 Å². The number of imidazole rings is 1. The molecule has 1 saturated heterocycles. The molecule has 1 fully saturated rings. The summed E-state index contributed by atoms with van der Waals surface area (Å²) in [5.74, 6) is 0.497. The topological polar surface area (TPSA) is 63.1 Å². The zero-order chi connectivity index (χ0) is 20.4. The average Bonchev–Trinajstić information content (AvgIpc) is 3.13. The molecule has 0 unspecified atom stereocenters. The molecular weight excluding hydrogens is 369 g/mol. The van der Waals surface area contributed by atoms with Gasteiger partial charge in [0.1, 0.15) is 12.0 Å². The van der Waals surface area contributed by atoms with E-state index in [1.54, 1.807) is 19.4 Å². The quantitative estimate of drug-likeness (QED) is 0.716. The number of pyridine rings is 1. The number of amides is 1. The summed E-state index contributed by atoms with van der Waals surface area (Å²) in [6, 6.07) is 8.07. The fourth-order valence-corrected chi connectivity index (χ4v) is 3.97. The Morgan fingerprint density at radius 2 is 2.03 bits per heavy atom. The first-order valence-electron chi connectivity index (χ1n) is 10.0. The molecular formula is C22H26FN5O. The highest BCUT2D eigenvalue weighted by Gasteiger charge is 2.25. The summed E-state index contributed by atoms with van der Waals surface area (Å²) >= 11 is 0. The highest BCUT2D eigenvalue weighted by Crippen LogP contribution is 2.26. The van der Waals surface area contributed by atoms with Crippen LogP contribution >= 0.6 is 0 Å². The van der Waals surface area contributed by atoms with Gasteiger partial charge in [-0.05, 0) is 50.4 Å². The van der Waals surface area contributed by atoms with Crippen LogP contribution in [0.2, 0.25) is 0 Å². The maximum absolute atomic E-state index is 13.2. The Hall–Kier alpha value is -2.80. The first-order valence-corrected chi connectivity index (χ1v) is 10.0. The molecule has 1 aliphatic rings. The van der Waals surface area contributed by atoms with Crippen LogP contribution in [0.25, 0.3) is 22.0 Å². The summed E-state index contributed by atoms with van der Waals surface area (Å²) in [5, 5.41) is 5.00. The standard InChI is InChI=1S/C22H26FN5O/c1-15(23)13-28-7-5-16(6-8-28)22(29)26-21-10-19-9-17(3-4-18(19)11-25-21)20-12-24-14-27(20)2/h3-4,9-12,14-16H,5-8,13H2,1-2H3,(H,25,26,29)/t15-/m1/s1. The first-order chi connectivity index (χ1) is 14.0. The SMILES string of the molecule is C[C@@H](F)CN1CCC(C(=O)Nc2cc3cc(-c4cncn4C)ccc3cn2)CC1. The van der Waals surface area contributed by atoms with Gasteiger partial charge in [0, 0.05) is 36.7 Å². The maximum atomic E-state index is 13.2. The van der Waals surface area contributed by atoms with Gasteiger partial charge in [-0.3, -0.25) is 4.79 Å². The van der Waals surface area contributed by atoms with Crippen LogP contribution in [0.5, 0.6) is 0 Å². The number of halogens is 1. The fourth-order valence-electron chi connectivity index (χ4n) is 3.97. The number of hydrogen-bond donors (Lipinski definition) is 1. The summed E-state index contributed by atoms with van der Waals surface area (Å²) in [5.41, 5.74) is 2.10. The molecule has 0 saturated carbocycles. The van der Waals surface area contributed by atoms with E-state index in [2.05, 4.69) is 26.3 Å². The largest absolute Gasteiger partial charge is 0.334 e. The number of nitrogens with one attached hydrogen (secondary N) is 1. The zero-order valence-corrected chi connectivity index (χ0v) is 16.8. The number of anilines is 1. The molecule has 1 aromatic carbocycles. The summed E-state index contributed by atoms with van der Waals surface area (Å²) in [4.78, 5) is 23.3. The Morgan fingerprint density at radius 1 is 1.24 bits per heavy atom. The summed E-state index contributed by atoms with van der Waals surface area (Å²) < 4.78 is 15.1. The van der Waals surface area contributed by atoms with Crippen molar-refractivity contribution in [2.24, 2.45) is 13.0 Å². The Balaban J connectivity index is 1.45. The van der Waals surface area contributed by atoms with Gasteiger partial charge in [-0.2, -0.15) is 0 Å². The second kappa shape index (κ2) is 8.29. The van der Waals surface area contributed by atoms with Crippen LogP contribution < -0.4 is 5.32 Å².